The van der Waals surface area contributed by atoms with Crippen LogP contribution in [0.25, 0.3) is 0 Å². The summed E-state index contributed by atoms with van der Waals surface area (Å²) in [5.74, 6) is -1.46. The van der Waals surface area contributed by atoms with E-state index in [2.05, 4.69) is 5.32 Å². The number of carboxylic acids is 1. The van der Waals surface area contributed by atoms with E-state index in [9.17, 15) is 14.7 Å². The molecule has 4 nitrogen and oxygen atoms in total. The van der Waals surface area contributed by atoms with E-state index in [1.807, 2.05) is 6.92 Å². The molecule has 0 aliphatic carbocycles. The van der Waals surface area contributed by atoms with Crippen LogP contribution < -0.4 is 40.0 Å². The van der Waals surface area contributed by atoms with Gasteiger partial charge < -0.3 is 15.2 Å². The second kappa shape index (κ2) is 9.49. The van der Waals surface area contributed by atoms with Gasteiger partial charge in [0.25, 0.3) is 0 Å². The third-order valence-electron chi connectivity index (χ3n) is 1.74. The minimum atomic E-state index is -1.25. The number of hydrogen-bond donors (Lipinski definition) is 1. The summed E-state index contributed by atoms with van der Waals surface area (Å²) in [5.41, 5.74) is 0. The third kappa shape index (κ3) is 8.53. The van der Waals surface area contributed by atoms with Crippen molar-refractivity contribution in [2.45, 2.75) is 45.6 Å². The number of hydrogen-bond acceptors (Lipinski definition) is 3. The maximum absolute atomic E-state index is 11.0. The largest absolute Gasteiger partial charge is 1.00 e. The Hall–Kier alpha value is -0.0600. The standard InChI is InChI=1S/C9H17NO3.Na/c1-3-4-5-6-8(11)10-7(2)9(12)13;/h7H,3-6H2,1-2H3,(H,10,11)(H,12,13);/q;+1/p-1. The smallest absolute Gasteiger partial charge is 0.548 e. The number of carbonyl (C=O) groups is 2. The zero-order chi connectivity index (χ0) is 10.3. The second-order valence-electron chi connectivity index (χ2n) is 3.07. The summed E-state index contributed by atoms with van der Waals surface area (Å²) in [6.45, 7) is 3.44. The molecule has 0 aromatic heterocycles. The third-order valence-corrected chi connectivity index (χ3v) is 1.74. The van der Waals surface area contributed by atoms with E-state index >= 15 is 0 Å². The molecule has 1 unspecified atom stereocenters. The maximum atomic E-state index is 11.0. The van der Waals surface area contributed by atoms with Crippen molar-refractivity contribution in [3.05, 3.63) is 0 Å². The van der Waals surface area contributed by atoms with E-state index < -0.39 is 12.0 Å². The van der Waals surface area contributed by atoms with Gasteiger partial charge in [-0.25, -0.2) is 0 Å². The maximum Gasteiger partial charge on any atom is 1.00 e. The molecule has 0 aliphatic rings. The summed E-state index contributed by atoms with van der Waals surface area (Å²) >= 11 is 0. The summed E-state index contributed by atoms with van der Waals surface area (Å²) in [4.78, 5) is 21.3. The first-order valence-corrected chi connectivity index (χ1v) is 4.58. The summed E-state index contributed by atoms with van der Waals surface area (Å²) in [6.07, 6.45) is 3.24. The zero-order valence-electron chi connectivity index (χ0n) is 9.13. The van der Waals surface area contributed by atoms with E-state index in [1.165, 1.54) is 6.92 Å². The first kappa shape index (κ1) is 16.4. The molecular weight excluding hydrogens is 193 g/mol. The molecule has 1 N–H and O–H groups in total. The van der Waals surface area contributed by atoms with Gasteiger partial charge >= 0.3 is 29.6 Å². The van der Waals surface area contributed by atoms with E-state index in [1.54, 1.807) is 0 Å². The molecule has 0 bridgehead atoms. The molecule has 0 heterocycles. The van der Waals surface area contributed by atoms with Crippen molar-refractivity contribution in [3.8, 4) is 0 Å². The Bertz CT molecular complexity index is 185. The first-order chi connectivity index (χ1) is 6.07. The van der Waals surface area contributed by atoms with Crippen LogP contribution in [0.4, 0.5) is 0 Å². The minimum absolute atomic E-state index is 0. The fourth-order valence-corrected chi connectivity index (χ4v) is 0.908. The fourth-order valence-electron chi connectivity index (χ4n) is 0.908. The van der Waals surface area contributed by atoms with Gasteiger partial charge in [0.05, 0.1) is 12.0 Å². The Balaban J connectivity index is 0. The topological polar surface area (TPSA) is 69.2 Å². The van der Waals surface area contributed by atoms with Crippen LogP contribution >= 0.6 is 0 Å². The van der Waals surface area contributed by atoms with Crippen LogP contribution in [0.3, 0.4) is 0 Å². The van der Waals surface area contributed by atoms with Gasteiger partial charge in [0, 0.05) is 6.42 Å². The van der Waals surface area contributed by atoms with Crippen LogP contribution in [-0.2, 0) is 9.59 Å². The van der Waals surface area contributed by atoms with Crippen LogP contribution in [0.5, 0.6) is 0 Å². The molecule has 0 saturated heterocycles. The average molecular weight is 209 g/mol. The van der Waals surface area contributed by atoms with Gasteiger partial charge in [0.1, 0.15) is 0 Å². The van der Waals surface area contributed by atoms with E-state index in [-0.39, 0.29) is 35.5 Å². The van der Waals surface area contributed by atoms with Crippen molar-refractivity contribution < 1.29 is 44.3 Å². The average Bonchev–Trinajstić information content (AvgIpc) is 2.04. The van der Waals surface area contributed by atoms with Crippen LogP contribution in [0.1, 0.15) is 39.5 Å². The van der Waals surface area contributed by atoms with E-state index in [0.29, 0.717) is 6.42 Å². The number of aliphatic carboxylic acids is 1. The van der Waals surface area contributed by atoms with Crippen molar-refractivity contribution in [2.24, 2.45) is 0 Å². The monoisotopic (exact) mass is 209 g/mol. The van der Waals surface area contributed by atoms with Crippen molar-refractivity contribution >= 4 is 11.9 Å². The van der Waals surface area contributed by atoms with Crippen LogP contribution in [-0.4, -0.2) is 17.9 Å². The summed E-state index contributed by atoms with van der Waals surface area (Å²) in [5, 5.41) is 12.6. The number of carbonyl (C=O) groups excluding carboxylic acids is 2. The number of nitrogens with one attached hydrogen (secondary N) is 1. The molecule has 1 amide bonds. The van der Waals surface area contributed by atoms with Gasteiger partial charge in [-0.1, -0.05) is 19.8 Å². The van der Waals surface area contributed by atoms with Crippen LogP contribution in [0, 0.1) is 0 Å². The molecule has 14 heavy (non-hydrogen) atoms. The Kier molecular flexibility index (Phi) is 11.1. The Morgan fingerprint density at radius 3 is 2.36 bits per heavy atom. The molecule has 0 aromatic carbocycles. The number of amides is 1. The quantitative estimate of drug-likeness (QED) is 0.370. The fraction of sp³-hybridized carbons (Fsp3) is 0.778. The van der Waals surface area contributed by atoms with Gasteiger partial charge in [-0.05, 0) is 13.3 Å². The van der Waals surface area contributed by atoms with E-state index in [4.69, 9.17) is 0 Å². The molecule has 0 aromatic rings. The molecule has 0 saturated carbocycles. The Labute approximate surface area is 107 Å². The van der Waals surface area contributed by atoms with Crippen molar-refractivity contribution in [1.82, 2.24) is 5.32 Å². The van der Waals surface area contributed by atoms with Crippen molar-refractivity contribution in [1.29, 1.82) is 0 Å². The van der Waals surface area contributed by atoms with Crippen molar-refractivity contribution in [3.63, 3.8) is 0 Å². The number of unbranched alkanes of at least 4 members (excludes halogenated alkanes) is 2. The molecule has 1 atom stereocenters. The van der Waals surface area contributed by atoms with Gasteiger partial charge in [0.15, 0.2) is 0 Å². The van der Waals surface area contributed by atoms with Gasteiger partial charge in [0.2, 0.25) is 5.91 Å². The normalized spacial score (nSPS) is 11.3. The Morgan fingerprint density at radius 1 is 1.36 bits per heavy atom. The number of carboxylic acid groups (broad SMARTS) is 1. The second-order valence-corrected chi connectivity index (χ2v) is 3.07. The zero-order valence-corrected chi connectivity index (χ0v) is 11.1. The van der Waals surface area contributed by atoms with Gasteiger partial charge in [-0.2, -0.15) is 0 Å². The van der Waals surface area contributed by atoms with E-state index in [0.717, 1.165) is 19.3 Å². The first-order valence-electron chi connectivity index (χ1n) is 4.58. The molecule has 0 rings (SSSR count). The SMILES string of the molecule is CCCCCC(=O)NC(C)C(=O)[O-].[Na+]. The predicted octanol–water partition coefficient (Wildman–Crippen LogP) is -3.17. The predicted molar refractivity (Wildman–Crippen MR) is 46.8 cm³/mol. The summed E-state index contributed by atoms with van der Waals surface area (Å²) < 4.78 is 0. The molecule has 0 spiro atoms. The molecule has 0 fully saturated rings. The van der Waals surface area contributed by atoms with Crippen LogP contribution in [0.2, 0.25) is 0 Å². The molecule has 0 radical (unpaired) electrons. The summed E-state index contributed by atoms with van der Waals surface area (Å²) in [6, 6.07) is -0.894. The van der Waals surface area contributed by atoms with Gasteiger partial charge in [-0.3, -0.25) is 4.79 Å². The van der Waals surface area contributed by atoms with Gasteiger partial charge in [-0.15, -0.1) is 0 Å². The molecule has 5 heteroatoms. The molecular formula is C9H16NNaO3. The van der Waals surface area contributed by atoms with Crippen LogP contribution in [0.15, 0.2) is 0 Å². The van der Waals surface area contributed by atoms with Crippen molar-refractivity contribution in [2.75, 3.05) is 0 Å². The Morgan fingerprint density at radius 2 is 1.93 bits per heavy atom. The number of rotatable bonds is 6. The molecule has 0 aliphatic heterocycles. The summed E-state index contributed by atoms with van der Waals surface area (Å²) in [7, 11) is 0. The molecule has 76 valence electrons. The minimum Gasteiger partial charge on any atom is -0.548 e.